The predicted octanol–water partition coefficient (Wildman–Crippen LogP) is 1.98. The van der Waals surface area contributed by atoms with Crippen LogP contribution in [-0.2, 0) is 14.3 Å². The maximum absolute atomic E-state index is 11.3. The minimum Gasteiger partial charge on any atom is -0.464 e. The lowest BCUT2D eigenvalue weighted by Crippen LogP contribution is -2.47. The second-order valence-electron chi connectivity index (χ2n) is 5.41. The summed E-state index contributed by atoms with van der Waals surface area (Å²) in [4.78, 5) is 26.6. The van der Waals surface area contributed by atoms with Crippen LogP contribution in [0.1, 0.15) is 13.3 Å². The van der Waals surface area contributed by atoms with Crippen molar-refractivity contribution < 1.29 is 14.3 Å². The highest BCUT2D eigenvalue weighted by Crippen LogP contribution is 2.20. The summed E-state index contributed by atoms with van der Waals surface area (Å²) >= 11 is 6.02. The highest BCUT2D eigenvalue weighted by molar-refractivity contribution is 6.30. The van der Waals surface area contributed by atoms with Gasteiger partial charge in [0.2, 0.25) is 0 Å². The molecule has 1 heterocycles. The molecule has 0 bridgehead atoms. The van der Waals surface area contributed by atoms with Gasteiger partial charge in [0, 0.05) is 43.4 Å². The molecule has 0 atom stereocenters. The highest BCUT2D eigenvalue weighted by atomic mass is 35.5. The normalized spacial score (nSPS) is 15.6. The van der Waals surface area contributed by atoms with Crippen LogP contribution in [0.3, 0.4) is 0 Å². The first-order valence-electron chi connectivity index (χ1n) is 7.42. The fourth-order valence-electron chi connectivity index (χ4n) is 2.45. The molecule has 120 valence electrons. The van der Waals surface area contributed by atoms with Crippen LogP contribution in [0.4, 0.5) is 5.69 Å². The third kappa shape index (κ3) is 5.31. The molecule has 0 aromatic heterocycles. The molecule has 0 spiro atoms. The fraction of sp³-hybridized carbons (Fsp3) is 0.500. The van der Waals surface area contributed by atoms with Gasteiger partial charge in [-0.25, -0.2) is 0 Å². The van der Waals surface area contributed by atoms with Crippen LogP contribution in [0.2, 0.25) is 5.02 Å². The topological polar surface area (TPSA) is 49.9 Å². The van der Waals surface area contributed by atoms with Crippen molar-refractivity contribution >= 4 is 29.0 Å². The van der Waals surface area contributed by atoms with Crippen LogP contribution in [-0.4, -0.2) is 56.0 Å². The van der Waals surface area contributed by atoms with Crippen LogP contribution < -0.4 is 4.90 Å². The van der Waals surface area contributed by atoms with Gasteiger partial charge in [0.05, 0.1) is 0 Å². The Morgan fingerprint density at radius 1 is 1.23 bits per heavy atom. The number of carbonyl (C=O) groups excluding carboxylic acids is 2. The Balaban J connectivity index is 1.69. The van der Waals surface area contributed by atoms with Gasteiger partial charge in [0.1, 0.15) is 18.8 Å². The van der Waals surface area contributed by atoms with E-state index in [0.717, 1.165) is 36.9 Å². The molecule has 1 aliphatic heterocycles. The van der Waals surface area contributed by atoms with Crippen molar-refractivity contribution in [2.75, 3.05) is 44.2 Å². The van der Waals surface area contributed by atoms with Crippen LogP contribution in [0, 0.1) is 0 Å². The van der Waals surface area contributed by atoms with Gasteiger partial charge >= 0.3 is 5.97 Å². The lowest BCUT2D eigenvalue weighted by atomic mass is 10.2. The van der Waals surface area contributed by atoms with E-state index in [4.69, 9.17) is 16.3 Å². The van der Waals surface area contributed by atoms with Crippen molar-refractivity contribution in [1.82, 2.24) is 4.90 Å². The second kappa shape index (κ2) is 8.15. The number of esters is 1. The van der Waals surface area contributed by atoms with Crippen LogP contribution in [0.15, 0.2) is 24.3 Å². The zero-order chi connectivity index (χ0) is 15.9. The standard InChI is InChI=1S/C16H21ClN2O3/c1-13(20)11-16(21)22-10-9-18-5-7-19(8-6-18)15-4-2-3-14(17)12-15/h2-4,12H,5-11H2,1H3. The molecule has 5 nitrogen and oxygen atoms in total. The lowest BCUT2D eigenvalue weighted by Gasteiger charge is -2.36. The summed E-state index contributed by atoms with van der Waals surface area (Å²) < 4.78 is 5.05. The van der Waals surface area contributed by atoms with Gasteiger partial charge in [-0.2, -0.15) is 0 Å². The summed E-state index contributed by atoms with van der Waals surface area (Å²) in [6.45, 7) is 6.09. The number of Topliss-reactive ketones (excluding diaryl/α,β-unsaturated/α-hetero) is 1. The highest BCUT2D eigenvalue weighted by Gasteiger charge is 2.17. The van der Waals surface area contributed by atoms with Gasteiger partial charge < -0.3 is 9.64 Å². The number of halogens is 1. The first-order valence-corrected chi connectivity index (χ1v) is 7.80. The van der Waals surface area contributed by atoms with Gasteiger partial charge in [-0.1, -0.05) is 17.7 Å². The molecule has 1 saturated heterocycles. The van der Waals surface area contributed by atoms with Crippen LogP contribution in [0.5, 0.6) is 0 Å². The first-order chi connectivity index (χ1) is 10.5. The molecule has 1 aliphatic rings. The number of carbonyl (C=O) groups is 2. The summed E-state index contributed by atoms with van der Waals surface area (Å²) in [6, 6.07) is 7.86. The van der Waals surface area contributed by atoms with E-state index >= 15 is 0 Å². The van der Waals surface area contributed by atoms with Crippen molar-refractivity contribution in [1.29, 1.82) is 0 Å². The Morgan fingerprint density at radius 3 is 2.59 bits per heavy atom. The molecule has 0 N–H and O–H groups in total. The van der Waals surface area contributed by atoms with E-state index in [1.54, 1.807) is 0 Å². The molecule has 0 radical (unpaired) electrons. The predicted molar refractivity (Wildman–Crippen MR) is 86.4 cm³/mol. The van der Waals surface area contributed by atoms with Gasteiger partial charge in [0.15, 0.2) is 0 Å². The van der Waals surface area contributed by atoms with E-state index in [2.05, 4.69) is 15.9 Å². The summed E-state index contributed by atoms with van der Waals surface area (Å²) in [6.07, 6.45) is -0.136. The zero-order valence-corrected chi connectivity index (χ0v) is 13.5. The molecule has 22 heavy (non-hydrogen) atoms. The second-order valence-corrected chi connectivity index (χ2v) is 5.84. The van der Waals surface area contributed by atoms with E-state index in [-0.39, 0.29) is 12.2 Å². The number of hydrogen-bond donors (Lipinski definition) is 0. The summed E-state index contributed by atoms with van der Waals surface area (Å²) in [5.41, 5.74) is 1.14. The molecular formula is C16H21ClN2O3. The molecule has 0 amide bonds. The minimum absolute atomic E-state index is 0.136. The Labute approximate surface area is 135 Å². The lowest BCUT2D eigenvalue weighted by molar-refractivity contribution is -0.146. The molecule has 2 rings (SSSR count). The van der Waals surface area contributed by atoms with E-state index in [0.29, 0.717) is 13.2 Å². The minimum atomic E-state index is -0.440. The monoisotopic (exact) mass is 324 g/mol. The van der Waals surface area contributed by atoms with Gasteiger partial charge in [0.25, 0.3) is 0 Å². The maximum Gasteiger partial charge on any atom is 0.313 e. The van der Waals surface area contributed by atoms with Crippen molar-refractivity contribution in [3.05, 3.63) is 29.3 Å². The Kier molecular flexibility index (Phi) is 6.21. The molecule has 0 saturated carbocycles. The molecule has 1 aromatic carbocycles. The SMILES string of the molecule is CC(=O)CC(=O)OCCN1CCN(c2cccc(Cl)c2)CC1. The average molecular weight is 325 g/mol. The Hall–Kier alpha value is -1.59. The van der Waals surface area contributed by atoms with Crippen molar-refractivity contribution in [2.45, 2.75) is 13.3 Å². The summed E-state index contributed by atoms with van der Waals surface area (Å²) in [7, 11) is 0. The van der Waals surface area contributed by atoms with E-state index in [1.165, 1.54) is 6.92 Å². The molecule has 0 aliphatic carbocycles. The van der Waals surface area contributed by atoms with Gasteiger partial charge in [-0.05, 0) is 25.1 Å². The maximum atomic E-state index is 11.3. The number of ether oxygens (including phenoxy) is 1. The number of hydrogen-bond acceptors (Lipinski definition) is 5. The number of nitrogens with zero attached hydrogens (tertiary/aromatic N) is 2. The Bertz CT molecular complexity index is 528. The summed E-state index contributed by atoms with van der Waals surface area (Å²) in [5, 5.41) is 0.748. The van der Waals surface area contributed by atoms with E-state index < -0.39 is 5.97 Å². The quantitative estimate of drug-likeness (QED) is 0.591. The fourth-order valence-corrected chi connectivity index (χ4v) is 2.63. The van der Waals surface area contributed by atoms with Gasteiger partial charge in [-0.3, -0.25) is 14.5 Å². The summed E-state index contributed by atoms with van der Waals surface area (Å²) in [5.74, 6) is -0.606. The Morgan fingerprint density at radius 2 is 1.95 bits per heavy atom. The molecule has 6 heteroatoms. The zero-order valence-electron chi connectivity index (χ0n) is 12.8. The number of rotatable bonds is 6. The largest absolute Gasteiger partial charge is 0.464 e. The third-order valence-corrected chi connectivity index (χ3v) is 3.84. The van der Waals surface area contributed by atoms with Gasteiger partial charge in [-0.15, -0.1) is 0 Å². The van der Waals surface area contributed by atoms with E-state index in [1.807, 2.05) is 18.2 Å². The van der Waals surface area contributed by atoms with Crippen molar-refractivity contribution in [3.63, 3.8) is 0 Å². The number of ketones is 1. The van der Waals surface area contributed by atoms with Crippen molar-refractivity contribution in [2.24, 2.45) is 0 Å². The smallest absolute Gasteiger partial charge is 0.313 e. The molecule has 1 aromatic rings. The molecule has 0 unspecified atom stereocenters. The van der Waals surface area contributed by atoms with Crippen LogP contribution in [0.25, 0.3) is 0 Å². The third-order valence-electron chi connectivity index (χ3n) is 3.61. The van der Waals surface area contributed by atoms with Crippen LogP contribution >= 0.6 is 11.6 Å². The van der Waals surface area contributed by atoms with E-state index in [9.17, 15) is 9.59 Å². The average Bonchev–Trinajstić information content (AvgIpc) is 2.47. The first kappa shape index (κ1) is 16.8. The number of benzene rings is 1. The molecule has 1 fully saturated rings. The van der Waals surface area contributed by atoms with Crippen molar-refractivity contribution in [3.8, 4) is 0 Å². The number of piperazine rings is 1. The number of anilines is 1. The molecular weight excluding hydrogens is 304 g/mol.